The first-order chi connectivity index (χ1) is 12.5. The predicted octanol–water partition coefficient (Wildman–Crippen LogP) is 2.96. The van der Waals surface area contributed by atoms with Crippen molar-refractivity contribution in [2.24, 2.45) is 0 Å². The molecule has 8 heteroatoms. The molecule has 136 valence electrons. The van der Waals surface area contributed by atoms with Gasteiger partial charge in [0.05, 0.1) is 10.6 Å². The first-order valence-corrected chi connectivity index (χ1v) is 8.60. The van der Waals surface area contributed by atoms with Crippen LogP contribution in [0.2, 0.25) is 10.0 Å². The fraction of sp³-hybridized carbons (Fsp3) is 0.167. The summed E-state index contributed by atoms with van der Waals surface area (Å²) in [6, 6.07) is 13.0. The number of carbonyl (C=O) groups excluding carboxylic acids is 3. The minimum atomic E-state index is -0.500. The first kappa shape index (κ1) is 19.8. The fourth-order valence-electron chi connectivity index (χ4n) is 2.06. The van der Waals surface area contributed by atoms with Crippen molar-refractivity contribution in [3.63, 3.8) is 0 Å². The topological polar surface area (TPSA) is 87.3 Å². The summed E-state index contributed by atoms with van der Waals surface area (Å²) in [5.41, 5.74) is 5.37. The summed E-state index contributed by atoms with van der Waals surface area (Å²) in [5, 5.41) is 3.55. The van der Waals surface area contributed by atoms with Crippen molar-refractivity contribution in [2.75, 3.05) is 6.54 Å². The average Bonchev–Trinajstić information content (AvgIpc) is 2.64. The van der Waals surface area contributed by atoms with E-state index in [1.807, 2.05) is 0 Å². The first-order valence-electron chi connectivity index (χ1n) is 7.85. The number of halogens is 2. The monoisotopic (exact) mass is 393 g/mol. The van der Waals surface area contributed by atoms with Gasteiger partial charge in [-0.1, -0.05) is 35.3 Å². The normalized spacial score (nSPS) is 10.1. The largest absolute Gasteiger partial charge is 0.352 e. The number of carbonyl (C=O) groups is 3. The molecule has 0 unspecified atom stereocenters. The van der Waals surface area contributed by atoms with Gasteiger partial charge in [0.15, 0.2) is 0 Å². The second-order valence-electron chi connectivity index (χ2n) is 5.35. The molecule has 0 atom stereocenters. The van der Waals surface area contributed by atoms with Crippen molar-refractivity contribution in [3.05, 3.63) is 69.7 Å². The number of hydrogen-bond acceptors (Lipinski definition) is 3. The van der Waals surface area contributed by atoms with Crippen LogP contribution >= 0.6 is 23.2 Å². The Morgan fingerprint density at radius 1 is 0.846 bits per heavy atom. The fourth-order valence-corrected chi connectivity index (χ4v) is 2.40. The number of rotatable bonds is 6. The van der Waals surface area contributed by atoms with E-state index in [2.05, 4.69) is 16.2 Å². The highest BCUT2D eigenvalue weighted by Gasteiger charge is 2.10. The molecular formula is C18H17Cl2N3O3. The summed E-state index contributed by atoms with van der Waals surface area (Å²) >= 11 is 11.7. The third kappa shape index (κ3) is 6.06. The maximum atomic E-state index is 11.9. The van der Waals surface area contributed by atoms with Gasteiger partial charge in [0, 0.05) is 23.6 Å². The molecule has 0 aliphatic rings. The molecule has 2 aromatic rings. The van der Waals surface area contributed by atoms with E-state index < -0.39 is 5.91 Å². The van der Waals surface area contributed by atoms with Crippen LogP contribution in [0.25, 0.3) is 0 Å². The second kappa shape index (κ2) is 9.79. The molecule has 0 saturated heterocycles. The van der Waals surface area contributed by atoms with E-state index in [-0.39, 0.29) is 23.8 Å². The minimum absolute atomic E-state index is 0.143. The van der Waals surface area contributed by atoms with Crippen molar-refractivity contribution < 1.29 is 14.4 Å². The van der Waals surface area contributed by atoms with E-state index in [4.69, 9.17) is 23.2 Å². The molecule has 2 rings (SSSR count). The Morgan fingerprint density at radius 3 is 2.23 bits per heavy atom. The van der Waals surface area contributed by atoms with Crippen LogP contribution in [0.4, 0.5) is 0 Å². The molecule has 3 N–H and O–H groups in total. The molecule has 0 aliphatic heterocycles. The number of benzene rings is 2. The van der Waals surface area contributed by atoms with E-state index in [1.54, 1.807) is 48.5 Å². The Bertz CT molecular complexity index is 795. The zero-order valence-electron chi connectivity index (χ0n) is 13.7. The lowest BCUT2D eigenvalue weighted by Crippen LogP contribution is -2.41. The molecule has 0 aromatic heterocycles. The Labute approximate surface area is 160 Å². The molecule has 6 nitrogen and oxygen atoms in total. The van der Waals surface area contributed by atoms with Crippen molar-refractivity contribution in [2.45, 2.75) is 12.8 Å². The number of hydrogen-bond donors (Lipinski definition) is 3. The van der Waals surface area contributed by atoms with Crippen molar-refractivity contribution in [3.8, 4) is 0 Å². The molecule has 2 aromatic carbocycles. The lowest BCUT2D eigenvalue weighted by atomic mass is 10.2. The van der Waals surface area contributed by atoms with Gasteiger partial charge in [0.2, 0.25) is 5.91 Å². The zero-order chi connectivity index (χ0) is 18.9. The van der Waals surface area contributed by atoms with Gasteiger partial charge in [0.1, 0.15) is 0 Å². The highest BCUT2D eigenvalue weighted by Crippen LogP contribution is 2.14. The van der Waals surface area contributed by atoms with E-state index in [9.17, 15) is 14.4 Å². The molecule has 26 heavy (non-hydrogen) atoms. The Morgan fingerprint density at radius 2 is 1.54 bits per heavy atom. The molecule has 0 radical (unpaired) electrons. The van der Waals surface area contributed by atoms with Crippen LogP contribution in [0.3, 0.4) is 0 Å². The summed E-state index contributed by atoms with van der Waals surface area (Å²) in [6.45, 7) is 0.327. The molecule has 0 saturated carbocycles. The van der Waals surface area contributed by atoms with Crippen LogP contribution in [0.15, 0.2) is 48.5 Å². The molecular weight excluding hydrogens is 377 g/mol. The Kier molecular flexibility index (Phi) is 7.44. The van der Waals surface area contributed by atoms with Crippen molar-refractivity contribution >= 4 is 40.9 Å². The minimum Gasteiger partial charge on any atom is -0.352 e. The van der Waals surface area contributed by atoms with Crippen LogP contribution < -0.4 is 16.2 Å². The predicted molar refractivity (Wildman–Crippen MR) is 100 cm³/mol. The summed E-state index contributed by atoms with van der Waals surface area (Å²) < 4.78 is 0. The van der Waals surface area contributed by atoms with E-state index in [0.717, 1.165) is 0 Å². The smallest absolute Gasteiger partial charge is 0.271 e. The molecule has 0 aliphatic carbocycles. The quantitative estimate of drug-likeness (QED) is 0.520. The van der Waals surface area contributed by atoms with Gasteiger partial charge in [-0.05, 0) is 42.8 Å². The zero-order valence-corrected chi connectivity index (χ0v) is 15.2. The summed E-state index contributed by atoms with van der Waals surface area (Å²) in [5.74, 6) is -1.11. The SMILES string of the molecule is O=C(CCCNC(=O)c1ccc(Cl)cc1)NNC(=O)c1ccccc1Cl. The third-order valence-electron chi connectivity index (χ3n) is 3.41. The van der Waals surface area contributed by atoms with E-state index in [1.165, 1.54) is 0 Å². The molecule has 0 fully saturated rings. The van der Waals surface area contributed by atoms with Gasteiger partial charge in [-0.2, -0.15) is 0 Å². The third-order valence-corrected chi connectivity index (χ3v) is 3.99. The molecule has 0 heterocycles. The van der Waals surface area contributed by atoms with Crippen LogP contribution in [0.1, 0.15) is 33.6 Å². The van der Waals surface area contributed by atoms with Crippen LogP contribution in [0.5, 0.6) is 0 Å². The van der Waals surface area contributed by atoms with Gasteiger partial charge in [0.25, 0.3) is 11.8 Å². The van der Waals surface area contributed by atoms with Crippen molar-refractivity contribution in [1.29, 1.82) is 0 Å². The van der Waals surface area contributed by atoms with Crippen LogP contribution in [0, 0.1) is 0 Å². The highest BCUT2D eigenvalue weighted by molar-refractivity contribution is 6.33. The Hall–Kier alpha value is -2.57. The average molecular weight is 394 g/mol. The summed E-state index contributed by atoms with van der Waals surface area (Å²) in [6.07, 6.45) is 0.566. The Balaban J connectivity index is 1.66. The van der Waals surface area contributed by atoms with Gasteiger partial charge >= 0.3 is 0 Å². The number of hydrazine groups is 1. The van der Waals surface area contributed by atoms with Gasteiger partial charge in [-0.25, -0.2) is 0 Å². The lowest BCUT2D eigenvalue weighted by Gasteiger charge is -2.09. The van der Waals surface area contributed by atoms with Gasteiger partial charge in [-0.3, -0.25) is 25.2 Å². The van der Waals surface area contributed by atoms with Crippen molar-refractivity contribution in [1.82, 2.24) is 16.2 Å². The van der Waals surface area contributed by atoms with E-state index >= 15 is 0 Å². The summed E-state index contributed by atoms with van der Waals surface area (Å²) in [4.78, 5) is 35.5. The molecule has 0 spiro atoms. The maximum Gasteiger partial charge on any atom is 0.271 e. The van der Waals surface area contributed by atoms with Crippen LogP contribution in [-0.4, -0.2) is 24.3 Å². The summed E-state index contributed by atoms with van der Waals surface area (Å²) in [7, 11) is 0. The van der Waals surface area contributed by atoms with Gasteiger partial charge < -0.3 is 5.32 Å². The highest BCUT2D eigenvalue weighted by atomic mass is 35.5. The second-order valence-corrected chi connectivity index (χ2v) is 6.19. The number of amides is 3. The standard InChI is InChI=1S/C18H17Cl2N3O3/c19-13-9-7-12(8-10-13)17(25)21-11-3-6-16(24)22-23-18(26)14-4-1-2-5-15(14)20/h1-2,4-5,7-10H,3,6,11H2,(H,21,25)(H,22,24)(H,23,26). The van der Waals surface area contributed by atoms with Gasteiger partial charge in [-0.15, -0.1) is 0 Å². The van der Waals surface area contributed by atoms with Crippen LogP contribution in [-0.2, 0) is 4.79 Å². The lowest BCUT2D eigenvalue weighted by molar-refractivity contribution is -0.121. The van der Waals surface area contributed by atoms with E-state index in [0.29, 0.717) is 28.6 Å². The maximum absolute atomic E-state index is 11.9. The molecule has 3 amide bonds. The number of nitrogens with one attached hydrogen (secondary N) is 3. The molecule has 0 bridgehead atoms.